The Labute approximate surface area is 498 Å². The highest BCUT2D eigenvalue weighted by Crippen LogP contribution is 2.45. The number of aliphatic hydroxyl groups is 1. The normalized spacial score (nSPS) is 14.7. The van der Waals surface area contributed by atoms with Crippen LogP contribution in [-0.4, -0.2) is 96.7 Å². The second kappa shape index (κ2) is 54.5. The van der Waals surface area contributed by atoms with Crippen molar-refractivity contribution in [3.05, 3.63) is 0 Å². The lowest BCUT2D eigenvalue weighted by molar-refractivity contribution is -0.161. The molecule has 0 aromatic heterocycles. The Hall–Kier alpha value is -1.94. The number of rotatable bonds is 61. The van der Waals surface area contributed by atoms with Crippen molar-refractivity contribution >= 4 is 39.5 Å². The maximum atomic E-state index is 13.0. The molecule has 0 fully saturated rings. The summed E-state index contributed by atoms with van der Waals surface area (Å²) in [6, 6.07) is 0. The molecule has 0 spiro atoms. The van der Waals surface area contributed by atoms with Crippen LogP contribution in [0.25, 0.3) is 0 Å². The summed E-state index contributed by atoms with van der Waals surface area (Å²) in [5.74, 6) is 0.0620. The zero-order valence-electron chi connectivity index (χ0n) is 52.9. The second-order valence-electron chi connectivity index (χ2n) is 24.0. The highest BCUT2D eigenvalue weighted by molar-refractivity contribution is 7.47. The van der Waals surface area contributed by atoms with Crippen molar-refractivity contribution in [2.75, 3.05) is 39.6 Å². The van der Waals surface area contributed by atoms with Gasteiger partial charge in [0.25, 0.3) is 0 Å². The molecule has 0 rings (SSSR count). The third-order valence-electron chi connectivity index (χ3n) is 14.7. The second-order valence-corrected chi connectivity index (χ2v) is 26.9. The van der Waals surface area contributed by atoms with Gasteiger partial charge in [-0.25, -0.2) is 9.13 Å². The molecule has 0 saturated heterocycles. The summed E-state index contributed by atoms with van der Waals surface area (Å²) < 4.78 is 67.9. The molecule has 0 heterocycles. The van der Waals surface area contributed by atoms with Gasteiger partial charge in [-0.3, -0.25) is 37.3 Å². The summed E-state index contributed by atoms with van der Waals surface area (Å²) >= 11 is 0. The molecule has 0 aliphatic carbocycles. The Bertz CT molecular complexity index is 1630. The van der Waals surface area contributed by atoms with Crippen molar-refractivity contribution in [3.8, 4) is 0 Å². The number of hydrogen-bond acceptors (Lipinski definition) is 15. The fourth-order valence-electron chi connectivity index (χ4n) is 9.27. The van der Waals surface area contributed by atoms with Crippen molar-refractivity contribution in [2.24, 2.45) is 17.8 Å². The van der Waals surface area contributed by atoms with Gasteiger partial charge in [0.05, 0.1) is 26.4 Å². The van der Waals surface area contributed by atoms with Gasteiger partial charge in [0.1, 0.15) is 19.3 Å². The average molecular weight is 1210 g/mol. The van der Waals surface area contributed by atoms with Gasteiger partial charge < -0.3 is 33.8 Å². The lowest BCUT2D eigenvalue weighted by atomic mass is 9.99. The molecule has 82 heavy (non-hydrogen) atoms. The summed E-state index contributed by atoms with van der Waals surface area (Å²) in [6.45, 7) is 11.7. The van der Waals surface area contributed by atoms with E-state index in [4.69, 9.17) is 37.0 Å². The molecule has 486 valence electrons. The Morgan fingerprint density at radius 1 is 0.354 bits per heavy atom. The van der Waals surface area contributed by atoms with E-state index < -0.39 is 97.5 Å². The molecule has 0 aromatic carbocycles. The molecule has 0 radical (unpaired) electrons. The van der Waals surface area contributed by atoms with E-state index in [1.54, 1.807) is 0 Å². The van der Waals surface area contributed by atoms with Crippen LogP contribution in [0.2, 0.25) is 0 Å². The van der Waals surface area contributed by atoms with Crippen LogP contribution in [0.5, 0.6) is 0 Å². The van der Waals surface area contributed by atoms with Crippen LogP contribution >= 0.6 is 15.6 Å². The van der Waals surface area contributed by atoms with Gasteiger partial charge in [-0.1, -0.05) is 254 Å². The average Bonchev–Trinajstić information content (AvgIpc) is 3.45. The molecular formula is C63H122O17P2. The number of ether oxygens (including phenoxy) is 4. The van der Waals surface area contributed by atoms with Crippen molar-refractivity contribution < 1.29 is 80.2 Å². The van der Waals surface area contributed by atoms with Crippen molar-refractivity contribution in [1.82, 2.24) is 0 Å². The SMILES string of the molecule is CCCCCCCCCCC(=O)OC[C@H](COP(=O)(O)OC[C@H](O)COP(=O)(O)OC[C@@H](COC(=O)CCCCCCCCCC(C)C)OC(=O)CCCCCCCCCCCCC(C)CC)OC(=O)CCCCCCCCCC(C)C. The number of carbonyl (C=O) groups is 4. The summed E-state index contributed by atoms with van der Waals surface area (Å²) in [5, 5.41) is 10.5. The highest BCUT2D eigenvalue weighted by atomic mass is 31.2. The lowest BCUT2D eigenvalue weighted by Crippen LogP contribution is -2.30. The summed E-state index contributed by atoms with van der Waals surface area (Å²) in [5.41, 5.74) is 0. The van der Waals surface area contributed by atoms with E-state index >= 15 is 0 Å². The van der Waals surface area contributed by atoms with E-state index in [0.29, 0.717) is 37.5 Å². The van der Waals surface area contributed by atoms with Crippen LogP contribution in [0.1, 0.15) is 305 Å². The molecule has 6 atom stereocenters. The maximum Gasteiger partial charge on any atom is 0.472 e. The van der Waals surface area contributed by atoms with Gasteiger partial charge >= 0.3 is 39.5 Å². The number of carbonyl (C=O) groups excluding carboxylic acids is 4. The monoisotopic (exact) mass is 1210 g/mol. The Kier molecular flexibility index (Phi) is 53.2. The van der Waals surface area contributed by atoms with Crippen LogP contribution < -0.4 is 0 Å². The van der Waals surface area contributed by atoms with Crippen molar-refractivity contribution in [2.45, 2.75) is 324 Å². The molecule has 0 aliphatic heterocycles. The van der Waals surface area contributed by atoms with Crippen molar-refractivity contribution in [3.63, 3.8) is 0 Å². The van der Waals surface area contributed by atoms with Gasteiger partial charge in [-0.05, 0) is 43.4 Å². The fourth-order valence-corrected chi connectivity index (χ4v) is 10.9. The molecular weight excluding hydrogens is 1090 g/mol. The van der Waals surface area contributed by atoms with E-state index in [0.717, 1.165) is 109 Å². The Morgan fingerprint density at radius 2 is 0.622 bits per heavy atom. The first-order valence-corrected chi connectivity index (χ1v) is 35.9. The van der Waals surface area contributed by atoms with Crippen LogP contribution in [-0.2, 0) is 65.4 Å². The van der Waals surface area contributed by atoms with Crippen LogP contribution in [0.3, 0.4) is 0 Å². The molecule has 0 aliphatic rings. The number of hydrogen-bond donors (Lipinski definition) is 3. The first kappa shape index (κ1) is 80.1. The van der Waals surface area contributed by atoms with Gasteiger partial charge in [0.15, 0.2) is 12.2 Å². The van der Waals surface area contributed by atoms with E-state index in [1.807, 2.05) is 0 Å². The molecule has 3 N–H and O–H groups in total. The van der Waals surface area contributed by atoms with E-state index in [9.17, 15) is 43.2 Å². The van der Waals surface area contributed by atoms with Crippen LogP contribution in [0.4, 0.5) is 0 Å². The fraction of sp³-hybridized carbons (Fsp3) is 0.937. The van der Waals surface area contributed by atoms with Crippen LogP contribution in [0, 0.1) is 17.8 Å². The maximum absolute atomic E-state index is 13.0. The predicted molar refractivity (Wildman–Crippen MR) is 326 cm³/mol. The molecule has 19 heteroatoms. The lowest BCUT2D eigenvalue weighted by Gasteiger charge is -2.21. The van der Waals surface area contributed by atoms with Gasteiger partial charge in [-0.2, -0.15) is 0 Å². The first-order chi connectivity index (χ1) is 39.3. The number of phosphoric acid groups is 2. The molecule has 0 aromatic rings. The minimum absolute atomic E-state index is 0.103. The smallest absolute Gasteiger partial charge is 0.462 e. The molecule has 17 nitrogen and oxygen atoms in total. The molecule has 0 bridgehead atoms. The summed E-state index contributed by atoms with van der Waals surface area (Å²) in [4.78, 5) is 72.1. The van der Waals surface area contributed by atoms with Gasteiger partial charge in [0.2, 0.25) is 0 Å². The predicted octanol–water partition coefficient (Wildman–Crippen LogP) is 17.1. The third-order valence-corrected chi connectivity index (χ3v) is 16.6. The standard InChI is InChI=1S/C63H122O17P2/c1-8-10-11-12-13-23-30-37-44-60(65)73-50-59(80-63(68)47-40-33-26-19-21-28-35-42-55(5)6)53-78-82(71,72)76-49-57(64)48-75-81(69,70)77-52-58(51-74-61(66)45-38-31-25-18-20-27-34-41-54(3)4)79-62(67)46-39-32-24-17-15-14-16-22-29-36-43-56(7)9-2/h54-59,64H,8-53H2,1-7H3,(H,69,70)(H,71,72)/t56?,57-,58-,59-/m1/s1. The van der Waals surface area contributed by atoms with Crippen molar-refractivity contribution in [1.29, 1.82) is 0 Å². The highest BCUT2D eigenvalue weighted by Gasteiger charge is 2.30. The molecule has 3 unspecified atom stereocenters. The topological polar surface area (TPSA) is 237 Å². The minimum atomic E-state index is -4.94. The summed E-state index contributed by atoms with van der Waals surface area (Å²) in [6.07, 6.45) is 35.0. The largest absolute Gasteiger partial charge is 0.472 e. The van der Waals surface area contributed by atoms with E-state index in [1.165, 1.54) is 103 Å². The number of aliphatic hydroxyl groups excluding tert-OH is 1. The van der Waals surface area contributed by atoms with Crippen LogP contribution in [0.15, 0.2) is 0 Å². The zero-order chi connectivity index (χ0) is 61.0. The summed E-state index contributed by atoms with van der Waals surface area (Å²) in [7, 11) is -9.88. The Balaban J connectivity index is 5.23. The van der Waals surface area contributed by atoms with Gasteiger partial charge in [-0.15, -0.1) is 0 Å². The van der Waals surface area contributed by atoms with Gasteiger partial charge in [0, 0.05) is 25.7 Å². The number of phosphoric ester groups is 2. The zero-order valence-corrected chi connectivity index (χ0v) is 54.7. The quantitative estimate of drug-likeness (QED) is 0.0222. The minimum Gasteiger partial charge on any atom is -0.462 e. The van der Waals surface area contributed by atoms with E-state index in [-0.39, 0.29) is 25.7 Å². The first-order valence-electron chi connectivity index (χ1n) is 32.9. The number of esters is 4. The Morgan fingerprint density at radius 3 is 0.927 bits per heavy atom. The molecule has 0 amide bonds. The molecule has 0 saturated carbocycles. The van der Waals surface area contributed by atoms with E-state index in [2.05, 4.69) is 48.5 Å². The number of unbranched alkanes of at least 4 members (excludes halogenated alkanes) is 28. The third kappa shape index (κ3) is 55.9.